The second-order valence-electron chi connectivity index (χ2n) is 30.9. The number of aliphatic hydroxyl groups is 1. The Morgan fingerprint density at radius 1 is 0.282 bits per heavy atom. The zero-order valence-electron chi connectivity index (χ0n) is 67.6. The highest BCUT2D eigenvalue weighted by Gasteiger charge is 2.30. The van der Waals surface area contributed by atoms with E-state index in [0.717, 1.165) is 108 Å². The van der Waals surface area contributed by atoms with Crippen molar-refractivity contribution in [3.8, 4) is 0 Å². The summed E-state index contributed by atoms with van der Waals surface area (Å²) in [5.41, 5.74) is 0. The average Bonchev–Trinajstić information content (AvgIpc) is 0.922. The Labute approximate surface area is 632 Å². The van der Waals surface area contributed by atoms with Crippen molar-refractivity contribution in [2.75, 3.05) is 39.6 Å². The van der Waals surface area contributed by atoms with Crippen molar-refractivity contribution >= 4 is 39.5 Å². The monoisotopic (exact) mass is 1510 g/mol. The molecule has 19 heteroatoms. The third kappa shape index (κ3) is 76.6. The van der Waals surface area contributed by atoms with E-state index >= 15 is 0 Å². The molecule has 0 bridgehead atoms. The molecule has 0 aromatic heterocycles. The van der Waals surface area contributed by atoms with Crippen molar-refractivity contribution in [1.82, 2.24) is 0 Å². The van der Waals surface area contributed by atoms with Crippen LogP contribution in [-0.2, 0) is 65.4 Å². The van der Waals surface area contributed by atoms with Gasteiger partial charge in [-0.1, -0.05) is 395 Å². The molecule has 3 unspecified atom stereocenters. The smallest absolute Gasteiger partial charge is 0.462 e. The summed E-state index contributed by atoms with van der Waals surface area (Å²) in [5, 5.41) is 10.6. The lowest BCUT2D eigenvalue weighted by Crippen LogP contribution is -2.30. The number of esters is 4. The maximum atomic E-state index is 13.1. The summed E-state index contributed by atoms with van der Waals surface area (Å²) in [6, 6.07) is 0. The standard InChI is InChI=1S/C84H164O17P2/c1-7-10-12-14-16-18-19-20-21-22-23-24-28-31-34-37-43-49-55-61-67-82(87)95-73-80(101-83(88)68-62-56-50-44-38-35-32-29-26-25-27-30-33-36-41-46-52-58-64-76(4)5)75-99-103(92,93)97-71-78(85)70-96-102(90,91)98-74-79(72-94-81(86)66-60-54-48-17-15-13-11-8-2)100-84(89)69-63-57-51-45-40-39-42-47-53-59-65-77(6)9-3/h76-80,85H,7-75H2,1-6H3,(H,90,91)(H,92,93)/t77?,78-,79+,80+/m0/s1. The van der Waals surface area contributed by atoms with Crippen LogP contribution >= 0.6 is 15.6 Å². The first-order valence-corrected chi connectivity index (χ1v) is 46.5. The zero-order chi connectivity index (χ0) is 75.6. The first-order chi connectivity index (χ1) is 49.9. The van der Waals surface area contributed by atoms with Gasteiger partial charge < -0.3 is 33.8 Å². The van der Waals surface area contributed by atoms with Crippen LogP contribution in [0.3, 0.4) is 0 Å². The van der Waals surface area contributed by atoms with E-state index in [4.69, 9.17) is 37.0 Å². The molecular weight excluding hydrogens is 1340 g/mol. The summed E-state index contributed by atoms with van der Waals surface area (Å²) in [6.07, 6.45) is 66.8. The normalized spacial score (nSPS) is 14.1. The van der Waals surface area contributed by atoms with Crippen molar-refractivity contribution in [2.45, 2.75) is 464 Å². The summed E-state index contributed by atoms with van der Waals surface area (Å²) in [5.74, 6) is -0.485. The fourth-order valence-corrected chi connectivity index (χ4v) is 14.6. The maximum Gasteiger partial charge on any atom is 0.472 e. The Kier molecular flexibility index (Phi) is 74.1. The molecule has 3 N–H and O–H groups in total. The lowest BCUT2D eigenvalue weighted by molar-refractivity contribution is -0.161. The minimum atomic E-state index is -4.96. The molecule has 0 aromatic rings. The number of hydrogen-bond acceptors (Lipinski definition) is 15. The molecule has 0 aliphatic rings. The molecule has 0 amide bonds. The first kappa shape index (κ1) is 101. The lowest BCUT2D eigenvalue weighted by atomic mass is 9.99. The number of carbonyl (C=O) groups is 4. The number of unbranched alkanes of at least 4 members (excludes halogenated alkanes) is 52. The van der Waals surface area contributed by atoms with Crippen molar-refractivity contribution in [1.29, 1.82) is 0 Å². The van der Waals surface area contributed by atoms with Crippen molar-refractivity contribution in [2.24, 2.45) is 11.8 Å². The molecule has 0 rings (SSSR count). The third-order valence-electron chi connectivity index (χ3n) is 20.1. The van der Waals surface area contributed by atoms with E-state index in [9.17, 15) is 43.2 Å². The van der Waals surface area contributed by atoms with E-state index in [-0.39, 0.29) is 25.7 Å². The minimum Gasteiger partial charge on any atom is -0.462 e. The molecule has 0 spiro atoms. The van der Waals surface area contributed by atoms with Gasteiger partial charge in [-0.05, 0) is 37.5 Å². The van der Waals surface area contributed by atoms with Crippen molar-refractivity contribution in [3.63, 3.8) is 0 Å². The molecule has 0 fully saturated rings. The van der Waals surface area contributed by atoms with Gasteiger partial charge in [-0.25, -0.2) is 9.13 Å². The minimum absolute atomic E-state index is 0.106. The third-order valence-corrected chi connectivity index (χ3v) is 22.0. The largest absolute Gasteiger partial charge is 0.472 e. The van der Waals surface area contributed by atoms with Crippen LogP contribution in [0.25, 0.3) is 0 Å². The van der Waals surface area contributed by atoms with Crippen LogP contribution in [0.15, 0.2) is 0 Å². The highest BCUT2D eigenvalue weighted by Crippen LogP contribution is 2.45. The molecule has 0 saturated heterocycles. The maximum absolute atomic E-state index is 13.1. The molecule has 6 atom stereocenters. The van der Waals surface area contributed by atoms with Gasteiger partial charge in [0.25, 0.3) is 0 Å². The Morgan fingerprint density at radius 3 is 0.738 bits per heavy atom. The molecule has 103 heavy (non-hydrogen) atoms. The first-order valence-electron chi connectivity index (χ1n) is 43.5. The van der Waals surface area contributed by atoms with Crippen LogP contribution in [0.5, 0.6) is 0 Å². The molecular formula is C84H164O17P2. The van der Waals surface area contributed by atoms with Gasteiger partial charge in [-0.3, -0.25) is 37.3 Å². The van der Waals surface area contributed by atoms with Crippen molar-refractivity contribution < 1.29 is 80.2 Å². The van der Waals surface area contributed by atoms with Gasteiger partial charge in [-0.2, -0.15) is 0 Å². The Bertz CT molecular complexity index is 1980. The van der Waals surface area contributed by atoms with Gasteiger partial charge in [-0.15, -0.1) is 0 Å². The average molecular weight is 1510 g/mol. The van der Waals surface area contributed by atoms with E-state index in [1.807, 2.05) is 0 Å². The molecule has 0 heterocycles. The van der Waals surface area contributed by atoms with E-state index in [2.05, 4.69) is 41.5 Å². The highest BCUT2D eigenvalue weighted by atomic mass is 31.2. The Morgan fingerprint density at radius 2 is 0.495 bits per heavy atom. The topological polar surface area (TPSA) is 237 Å². The Hall–Kier alpha value is -1.94. The van der Waals surface area contributed by atoms with E-state index in [1.54, 1.807) is 0 Å². The van der Waals surface area contributed by atoms with Crippen LogP contribution in [0.4, 0.5) is 0 Å². The summed E-state index contributed by atoms with van der Waals surface area (Å²) in [7, 11) is -9.92. The second-order valence-corrected chi connectivity index (χ2v) is 33.8. The van der Waals surface area contributed by atoms with Gasteiger partial charge >= 0.3 is 39.5 Å². The molecule has 0 aliphatic heterocycles. The van der Waals surface area contributed by atoms with E-state index in [0.29, 0.717) is 25.7 Å². The van der Waals surface area contributed by atoms with Crippen molar-refractivity contribution in [3.05, 3.63) is 0 Å². The zero-order valence-corrected chi connectivity index (χ0v) is 69.4. The summed E-state index contributed by atoms with van der Waals surface area (Å²) in [6.45, 7) is 9.68. The second kappa shape index (κ2) is 75.5. The van der Waals surface area contributed by atoms with Gasteiger partial charge in [0.05, 0.1) is 26.4 Å². The molecule has 17 nitrogen and oxygen atoms in total. The van der Waals surface area contributed by atoms with Crippen LogP contribution in [-0.4, -0.2) is 96.7 Å². The predicted octanol–water partition coefficient (Wildman–Crippen LogP) is 25.5. The number of ether oxygens (including phenoxy) is 4. The van der Waals surface area contributed by atoms with Gasteiger partial charge in [0.1, 0.15) is 19.3 Å². The molecule has 0 aromatic carbocycles. The van der Waals surface area contributed by atoms with E-state index in [1.165, 1.54) is 257 Å². The highest BCUT2D eigenvalue weighted by molar-refractivity contribution is 7.47. The van der Waals surface area contributed by atoms with Gasteiger partial charge in [0.2, 0.25) is 0 Å². The molecule has 0 saturated carbocycles. The lowest BCUT2D eigenvalue weighted by Gasteiger charge is -2.21. The van der Waals surface area contributed by atoms with Gasteiger partial charge in [0.15, 0.2) is 12.2 Å². The molecule has 0 aliphatic carbocycles. The quantitative estimate of drug-likeness (QED) is 0.0222. The molecule has 612 valence electrons. The van der Waals surface area contributed by atoms with Crippen LogP contribution in [0.1, 0.15) is 446 Å². The summed E-state index contributed by atoms with van der Waals surface area (Å²) >= 11 is 0. The fraction of sp³-hybridized carbons (Fsp3) is 0.952. The summed E-state index contributed by atoms with van der Waals surface area (Å²) in [4.78, 5) is 73.0. The number of phosphoric ester groups is 2. The summed E-state index contributed by atoms with van der Waals surface area (Å²) < 4.78 is 68.7. The fourth-order valence-electron chi connectivity index (χ4n) is 13.0. The predicted molar refractivity (Wildman–Crippen MR) is 423 cm³/mol. The van der Waals surface area contributed by atoms with E-state index < -0.39 is 97.5 Å². The number of rotatable bonds is 83. The van der Waals surface area contributed by atoms with Gasteiger partial charge in [0, 0.05) is 25.7 Å². The van der Waals surface area contributed by atoms with Crippen LogP contribution in [0, 0.1) is 11.8 Å². The van der Waals surface area contributed by atoms with Crippen LogP contribution < -0.4 is 0 Å². The number of aliphatic hydroxyl groups excluding tert-OH is 1. The Balaban J connectivity index is 5.19. The molecule has 0 radical (unpaired) electrons. The number of phosphoric acid groups is 2. The SMILES string of the molecule is CCCCCCCCCCCCCCCCCCCCCCC(=O)OC[C@H](COP(=O)(O)OC[C@@H](O)COP(=O)(O)OC[C@@H](COC(=O)CCCCCCCCCC)OC(=O)CCCCCCCCCCCCC(C)CC)OC(=O)CCCCCCCCCCCCCCCCCCCCC(C)C. The number of hydrogen-bond donors (Lipinski definition) is 3. The van der Waals surface area contributed by atoms with Crippen LogP contribution in [0.2, 0.25) is 0 Å². The number of carbonyl (C=O) groups excluding carboxylic acids is 4.